The molecule has 124 valence electrons. The van der Waals surface area contributed by atoms with Crippen LogP contribution in [-0.4, -0.2) is 40.6 Å². The van der Waals surface area contributed by atoms with Crippen molar-refractivity contribution in [1.82, 2.24) is 20.2 Å². The molecular formula is C14H16F2N4O3. The highest BCUT2D eigenvalue weighted by atomic mass is 19.1. The zero-order valence-electron chi connectivity index (χ0n) is 12.4. The highest BCUT2D eigenvalue weighted by Crippen LogP contribution is 2.31. The molecule has 2 heterocycles. The second kappa shape index (κ2) is 7.61. The summed E-state index contributed by atoms with van der Waals surface area (Å²) in [5.41, 5.74) is -0.528. The molecule has 2 rings (SSSR count). The molecule has 0 saturated carbocycles. The van der Waals surface area contributed by atoms with Crippen LogP contribution in [0.25, 0.3) is 11.3 Å². The predicted molar refractivity (Wildman–Crippen MR) is 79.2 cm³/mol. The van der Waals surface area contributed by atoms with Crippen molar-refractivity contribution in [1.29, 1.82) is 0 Å². The fourth-order valence-electron chi connectivity index (χ4n) is 2.30. The minimum atomic E-state index is -0.645. The number of methoxy groups -OCH3 is 1. The van der Waals surface area contributed by atoms with Gasteiger partial charge >= 0.3 is 5.69 Å². The first-order valence-corrected chi connectivity index (χ1v) is 6.96. The van der Waals surface area contributed by atoms with Crippen LogP contribution in [0.15, 0.2) is 21.9 Å². The standard InChI is InChI=1S/C14H16F2N4O3/c1-23-13-9(8(2-4-15)3-5-16)6-11(19-20-13)10-7-17-14(22)18-12(10)21/h6-8H,2-5H2,1H3,(H2,17,18,21,22). The molecule has 9 heteroatoms. The summed E-state index contributed by atoms with van der Waals surface area (Å²) in [6.07, 6.45) is 1.42. The Balaban J connectivity index is 2.53. The molecule has 0 aromatic carbocycles. The Morgan fingerprint density at radius 3 is 2.48 bits per heavy atom. The molecule has 2 aromatic heterocycles. The molecule has 0 saturated heterocycles. The zero-order chi connectivity index (χ0) is 16.8. The molecule has 0 atom stereocenters. The molecule has 0 fully saturated rings. The Morgan fingerprint density at radius 1 is 1.22 bits per heavy atom. The van der Waals surface area contributed by atoms with E-state index in [4.69, 9.17) is 4.74 Å². The van der Waals surface area contributed by atoms with Crippen LogP contribution in [0.2, 0.25) is 0 Å². The summed E-state index contributed by atoms with van der Waals surface area (Å²) in [4.78, 5) is 27.3. The maximum Gasteiger partial charge on any atom is 0.325 e. The van der Waals surface area contributed by atoms with Crippen molar-refractivity contribution < 1.29 is 13.5 Å². The minimum Gasteiger partial charge on any atom is -0.480 e. The van der Waals surface area contributed by atoms with E-state index in [1.165, 1.54) is 19.4 Å². The average Bonchev–Trinajstić information content (AvgIpc) is 2.54. The fourth-order valence-corrected chi connectivity index (χ4v) is 2.30. The van der Waals surface area contributed by atoms with Crippen LogP contribution in [0.3, 0.4) is 0 Å². The molecule has 0 amide bonds. The molecule has 0 radical (unpaired) electrons. The first-order chi connectivity index (χ1) is 11.1. The molecule has 0 unspecified atom stereocenters. The molecular weight excluding hydrogens is 310 g/mol. The molecule has 0 aliphatic carbocycles. The smallest absolute Gasteiger partial charge is 0.325 e. The van der Waals surface area contributed by atoms with E-state index in [1.807, 2.05) is 0 Å². The van der Waals surface area contributed by atoms with Crippen molar-refractivity contribution in [2.24, 2.45) is 0 Å². The van der Waals surface area contributed by atoms with Gasteiger partial charge in [0.05, 0.1) is 26.0 Å². The minimum absolute atomic E-state index is 0.0975. The van der Waals surface area contributed by atoms with E-state index in [0.717, 1.165) is 0 Å². The largest absolute Gasteiger partial charge is 0.480 e. The van der Waals surface area contributed by atoms with Crippen LogP contribution in [-0.2, 0) is 0 Å². The lowest BCUT2D eigenvalue weighted by atomic mass is 9.93. The van der Waals surface area contributed by atoms with Crippen LogP contribution in [0.1, 0.15) is 24.3 Å². The summed E-state index contributed by atoms with van der Waals surface area (Å²) < 4.78 is 30.5. The number of ether oxygens (including phenoxy) is 1. The first kappa shape index (κ1) is 16.8. The van der Waals surface area contributed by atoms with Crippen molar-refractivity contribution in [3.05, 3.63) is 38.7 Å². The summed E-state index contributed by atoms with van der Waals surface area (Å²) in [7, 11) is 1.38. The zero-order valence-corrected chi connectivity index (χ0v) is 12.4. The van der Waals surface area contributed by atoms with Crippen LogP contribution in [0.4, 0.5) is 8.78 Å². The van der Waals surface area contributed by atoms with Crippen LogP contribution >= 0.6 is 0 Å². The normalized spacial score (nSPS) is 11.0. The van der Waals surface area contributed by atoms with Crippen LogP contribution < -0.4 is 16.0 Å². The highest BCUT2D eigenvalue weighted by Gasteiger charge is 2.20. The van der Waals surface area contributed by atoms with Crippen molar-refractivity contribution in [2.75, 3.05) is 20.5 Å². The van der Waals surface area contributed by atoms with Gasteiger partial charge in [0, 0.05) is 11.8 Å². The second-order valence-corrected chi connectivity index (χ2v) is 4.83. The summed E-state index contributed by atoms with van der Waals surface area (Å²) in [6, 6.07) is 1.50. The van der Waals surface area contributed by atoms with E-state index in [9.17, 15) is 18.4 Å². The van der Waals surface area contributed by atoms with Crippen LogP contribution in [0.5, 0.6) is 5.88 Å². The Kier molecular flexibility index (Phi) is 5.56. The summed E-state index contributed by atoms with van der Waals surface area (Å²) >= 11 is 0. The predicted octanol–water partition coefficient (Wildman–Crippen LogP) is 1.33. The van der Waals surface area contributed by atoms with Crippen molar-refractivity contribution in [3.63, 3.8) is 0 Å². The summed E-state index contributed by atoms with van der Waals surface area (Å²) in [6.45, 7) is -1.24. The average molecular weight is 326 g/mol. The summed E-state index contributed by atoms with van der Waals surface area (Å²) in [5, 5.41) is 7.73. The molecule has 23 heavy (non-hydrogen) atoms. The monoisotopic (exact) mass is 326 g/mol. The maximum absolute atomic E-state index is 12.7. The van der Waals surface area contributed by atoms with Gasteiger partial charge in [0.1, 0.15) is 5.69 Å². The lowest BCUT2D eigenvalue weighted by molar-refractivity contribution is 0.356. The Hall–Kier alpha value is -2.58. The van der Waals surface area contributed by atoms with E-state index >= 15 is 0 Å². The van der Waals surface area contributed by atoms with Gasteiger partial charge in [0.15, 0.2) is 0 Å². The van der Waals surface area contributed by atoms with Crippen LogP contribution in [0, 0.1) is 0 Å². The number of alkyl halides is 2. The second-order valence-electron chi connectivity index (χ2n) is 4.83. The van der Waals surface area contributed by atoms with Gasteiger partial charge < -0.3 is 9.72 Å². The van der Waals surface area contributed by atoms with Crippen molar-refractivity contribution >= 4 is 0 Å². The van der Waals surface area contributed by atoms with Gasteiger partial charge in [-0.05, 0) is 24.8 Å². The first-order valence-electron chi connectivity index (χ1n) is 6.96. The van der Waals surface area contributed by atoms with E-state index in [2.05, 4.69) is 20.2 Å². The molecule has 2 aromatic rings. The van der Waals surface area contributed by atoms with Gasteiger partial charge in [-0.1, -0.05) is 0 Å². The van der Waals surface area contributed by atoms with Gasteiger partial charge in [0.2, 0.25) is 5.88 Å². The number of aromatic amines is 2. The third-order valence-electron chi connectivity index (χ3n) is 3.43. The molecule has 2 N–H and O–H groups in total. The third kappa shape index (κ3) is 3.79. The maximum atomic E-state index is 12.7. The van der Waals surface area contributed by atoms with Crippen molar-refractivity contribution in [2.45, 2.75) is 18.8 Å². The van der Waals surface area contributed by atoms with Gasteiger partial charge in [0.25, 0.3) is 5.56 Å². The lowest BCUT2D eigenvalue weighted by Gasteiger charge is -2.17. The number of hydrogen-bond donors (Lipinski definition) is 2. The fraction of sp³-hybridized carbons (Fsp3) is 0.429. The number of H-pyrrole nitrogens is 2. The molecule has 7 nitrogen and oxygen atoms in total. The number of halogens is 2. The van der Waals surface area contributed by atoms with E-state index < -0.39 is 30.5 Å². The molecule has 0 spiro atoms. The number of rotatable bonds is 7. The van der Waals surface area contributed by atoms with Gasteiger partial charge in [-0.25, -0.2) is 4.79 Å². The molecule has 0 bridgehead atoms. The number of nitrogens with one attached hydrogen (secondary N) is 2. The summed E-state index contributed by atoms with van der Waals surface area (Å²) in [5.74, 6) is -0.294. The number of aromatic nitrogens is 4. The quantitative estimate of drug-likeness (QED) is 0.799. The van der Waals surface area contributed by atoms with E-state index in [-0.39, 0.29) is 30.0 Å². The van der Waals surface area contributed by atoms with Gasteiger partial charge in [-0.2, -0.15) is 0 Å². The highest BCUT2D eigenvalue weighted by molar-refractivity contribution is 5.57. The number of hydrogen-bond acceptors (Lipinski definition) is 5. The Bertz CT molecular complexity index is 769. The Labute approximate surface area is 129 Å². The topological polar surface area (TPSA) is 101 Å². The molecule has 0 aliphatic heterocycles. The SMILES string of the molecule is COc1nnc(-c2c[nH]c(=O)[nH]c2=O)cc1C(CCF)CCF. The van der Waals surface area contributed by atoms with Gasteiger partial charge in [-0.3, -0.25) is 18.6 Å². The lowest BCUT2D eigenvalue weighted by Crippen LogP contribution is -2.23. The Morgan fingerprint density at radius 2 is 1.91 bits per heavy atom. The van der Waals surface area contributed by atoms with E-state index in [0.29, 0.717) is 5.56 Å². The van der Waals surface area contributed by atoms with Gasteiger partial charge in [-0.15, -0.1) is 10.2 Å². The number of nitrogens with zero attached hydrogens (tertiary/aromatic N) is 2. The third-order valence-corrected chi connectivity index (χ3v) is 3.43. The molecule has 0 aliphatic rings. The van der Waals surface area contributed by atoms with Crippen molar-refractivity contribution in [3.8, 4) is 17.1 Å². The van der Waals surface area contributed by atoms with E-state index in [1.54, 1.807) is 0 Å².